The van der Waals surface area contributed by atoms with Crippen molar-refractivity contribution in [1.82, 2.24) is 0 Å². The summed E-state index contributed by atoms with van der Waals surface area (Å²) in [4.78, 5) is 0. The van der Waals surface area contributed by atoms with E-state index in [-0.39, 0.29) is 4.08 Å². The third-order valence-corrected chi connectivity index (χ3v) is 8.79. The minimum absolute atomic E-state index is 0.361. The van der Waals surface area contributed by atoms with Gasteiger partial charge < -0.3 is 9.76 Å². The van der Waals surface area contributed by atoms with Gasteiger partial charge in [-0.2, -0.15) is 0 Å². The van der Waals surface area contributed by atoms with Crippen molar-refractivity contribution in [2.75, 3.05) is 11.5 Å². The van der Waals surface area contributed by atoms with Crippen molar-refractivity contribution in [3.05, 3.63) is 71.3 Å². The lowest BCUT2D eigenvalue weighted by Crippen LogP contribution is -2.49. The summed E-state index contributed by atoms with van der Waals surface area (Å²) in [7, 11) is 1.67. The molecule has 3 nitrogen and oxygen atoms in total. The number of rotatable bonds is 9. The Bertz CT molecular complexity index is 751. The molecule has 6 heteroatoms. The van der Waals surface area contributed by atoms with Gasteiger partial charge in [-0.1, -0.05) is 66.6 Å². The number of benzene rings is 2. The normalized spacial score (nSPS) is 18.1. The van der Waals surface area contributed by atoms with Crippen LogP contribution in [-0.2, 0) is 10.3 Å². The Hall–Kier alpha value is -1.37. The topological polar surface area (TPSA) is 53.3 Å². The Labute approximate surface area is 177 Å². The molecule has 1 aliphatic heterocycles. The number of thioether (sulfide) groups is 2. The smallest absolute Gasteiger partial charge is 0.371 e. The Morgan fingerprint density at radius 3 is 2.39 bits per heavy atom. The van der Waals surface area contributed by atoms with Gasteiger partial charge in [-0.3, -0.25) is 5.41 Å². The second kappa shape index (κ2) is 9.90. The summed E-state index contributed by atoms with van der Waals surface area (Å²) >= 11 is 3.78. The first-order valence-corrected chi connectivity index (χ1v) is 11.7. The average Bonchev–Trinajstić information content (AvgIpc) is 2.75. The quantitative estimate of drug-likeness (QED) is 0.256. The second-order valence-electron chi connectivity index (χ2n) is 7.06. The summed E-state index contributed by atoms with van der Waals surface area (Å²) in [6, 6.07) is 18.4. The molecule has 1 aliphatic rings. The highest BCUT2D eigenvalue weighted by Crippen LogP contribution is 2.58. The predicted octanol–water partition coefficient (Wildman–Crippen LogP) is 5.24. The van der Waals surface area contributed by atoms with Gasteiger partial charge in [-0.25, -0.2) is 0 Å². The van der Waals surface area contributed by atoms with E-state index in [0.29, 0.717) is 0 Å². The molecule has 0 saturated carbocycles. The van der Waals surface area contributed by atoms with Crippen LogP contribution in [0.3, 0.4) is 0 Å². The molecule has 1 unspecified atom stereocenters. The first kappa shape index (κ1) is 21.3. The minimum atomic E-state index is -1.08. The Morgan fingerprint density at radius 1 is 1.11 bits per heavy atom. The summed E-state index contributed by atoms with van der Waals surface area (Å²) in [5.41, 5.74) is 2.00. The van der Waals surface area contributed by atoms with Crippen LogP contribution in [0, 0.1) is 12.3 Å². The van der Waals surface area contributed by atoms with E-state index < -0.39 is 5.60 Å². The summed E-state index contributed by atoms with van der Waals surface area (Å²) in [6.07, 6.45) is 4.64. The Morgan fingerprint density at radius 2 is 1.75 bits per heavy atom. The van der Waals surface area contributed by atoms with Crippen molar-refractivity contribution in [1.29, 1.82) is 5.41 Å². The van der Waals surface area contributed by atoms with Crippen LogP contribution in [0.4, 0.5) is 0 Å². The molecule has 0 aromatic heterocycles. The predicted molar refractivity (Wildman–Crippen MR) is 123 cm³/mol. The molecule has 2 aromatic rings. The fourth-order valence-corrected chi connectivity index (χ4v) is 7.44. The van der Waals surface area contributed by atoms with Gasteiger partial charge in [0.2, 0.25) is 0 Å². The molecule has 28 heavy (non-hydrogen) atoms. The van der Waals surface area contributed by atoms with E-state index in [2.05, 4.69) is 31.2 Å². The van der Waals surface area contributed by atoms with Crippen molar-refractivity contribution in [2.24, 2.45) is 0 Å². The van der Waals surface area contributed by atoms with Gasteiger partial charge in [-0.15, -0.1) is 23.5 Å². The van der Waals surface area contributed by atoms with Gasteiger partial charge in [0.25, 0.3) is 0 Å². The first-order valence-electron chi connectivity index (χ1n) is 9.71. The molecule has 1 atom stereocenters. The highest BCUT2D eigenvalue weighted by atomic mass is 32.2. The van der Waals surface area contributed by atoms with Crippen LogP contribution >= 0.6 is 23.5 Å². The molecule has 147 valence electrons. The van der Waals surface area contributed by atoms with Crippen molar-refractivity contribution in [3.63, 3.8) is 0 Å². The SMILES string of the molecule is Cc1ccc(C(O)(c2ccccc2)C2(CCC[B]OC=N)SCCCS2)cc1. The van der Waals surface area contributed by atoms with Crippen LogP contribution < -0.4 is 0 Å². The fourth-order valence-electron chi connectivity index (χ4n) is 3.72. The second-order valence-corrected chi connectivity index (χ2v) is 10.1. The zero-order valence-electron chi connectivity index (χ0n) is 16.3. The lowest BCUT2D eigenvalue weighted by atomic mass is 9.79. The van der Waals surface area contributed by atoms with E-state index >= 15 is 0 Å². The van der Waals surface area contributed by atoms with Crippen molar-refractivity contribution in [3.8, 4) is 0 Å². The zero-order valence-corrected chi connectivity index (χ0v) is 17.9. The average molecular weight is 412 g/mol. The maximum Gasteiger partial charge on any atom is 0.371 e. The van der Waals surface area contributed by atoms with E-state index in [1.54, 1.807) is 7.48 Å². The third kappa shape index (κ3) is 4.45. The molecule has 2 aromatic carbocycles. The van der Waals surface area contributed by atoms with Crippen LogP contribution in [0.5, 0.6) is 0 Å². The highest BCUT2D eigenvalue weighted by Gasteiger charge is 2.54. The van der Waals surface area contributed by atoms with Gasteiger partial charge in [-0.05, 0) is 48.7 Å². The Kier molecular flexibility index (Phi) is 7.55. The molecule has 1 radical (unpaired) electrons. The molecular formula is C22H27BNO2S2. The highest BCUT2D eigenvalue weighted by molar-refractivity contribution is 8.18. The lowest BCUT2D eigenvalue weighted by molar-refractivity contribution is 0.0636. The summed E-state index contributed by atoms with van der Waals surface area (Å²) in [6.45, 7) is 2.07. The van der Waals surface area contributed by atoms with Gasteiger partial charge in [0, 0.05) is 0 Å². The zero-order chi connectivity index (χ0) is 19.9. The Balaban J connectivity index is 2.01. The van der Waals surface area contributed by atoms with E-state index in [9.17, 15) is 5.11 Å². The van der Waals surface area contributed by atoms with E-state index in [0.717, 1.165) is 48.2 Å². The maximum absolute atomic E-state index is 12.4. The molecule has 0 aliphatic carbocycles. The van der Waals surface area contributed by atoms with Crippen LogP contribution in [-0.4, -0.2) is 34.6 Å². The number of aliphatic hydroxyl groups is 1. The molecular weight excluding hydrogens is 385 g/mol. The standard InChI is InChI=1S/C22H27BNO2S2/c1-18-9-11-20(12-10-18)22(25,19-7-3-2-4-8-19)21(27-15-6-16-28-21)13-5-14-23-26-17-24/h2-4,7-12,17,24-25H,5-6,13-16H2,1H3. The van der Waals surface area contributed by atoms with Gasteiger partial charge in [0.05, 0.1) is 4.08 Å². The van der Waals surface area contributed by atoms with Crippen molar-refractivity contribution < 1.29 is 9.76 Å². The number of aryl methyl sites for hydroxylation is 1. The van der Waals surface area contributed by atoms with Gasteiger partial charge in [0.15, 0.2) is 0 Å². The van der Waals surface area contributed by atoms with E-state index in [4.69, 9.17) is 10.1 Å². The molecule has 0 amide bonds. The molecule has 1 saturated heterocycles. The minimum Gasteiger partial charge on any atom is -0.556 e. The number of hydrogen-bond donors (Lipinski definition) is 2. The monoisotopic (exact) mass is 412 g/mol. The van der Waals surface area contributed by atoms with Crippen LogP contribution in [0.1, 0.15) is 36.0 Å². The molecule has 1 fully saturated rings. The summed E-state index contributed by atoms with van der Waals surface area (Å²) < 4.78 is 4.60. The molecule has 3 rings (SSSR count). The number of nitrogens with one attached hydrogen (secondary N) is 1. The van der Waals surface area contributed by atoms with Crippen LogP contribution in [0.15, 0.2) is 54.6 Å². The fraction of sp³-hybridized carbons (Fsp3) is 0.409. The van der Waals surface area contributed by atoms with E-state index in [1.165, 1.54) is 12.0 Å². The van der Waals surface area contributed by atoms with Crippen molar-refractivity contribution in [2.45, 2.75) is 42.2 Å². The van der Waals surface area contributed by atoms with Gasteiger partial charge in [0.1, 0.15) is 12.0 Å². The summed E-state index contributed by atoms with van der Waals surface area (Å²) in [5, 5.41) is 19.4. The largest absolute Gasteiger partial charge is 0.556 e. The van der Waals surface area contributed by atoms with Crippen LogP contribution in [0.25, 0.3) is 0 Å². The lowest BCUT2D eigenvalue weighted by Gasteiger charge is -2.49. The van der Waals surface area contributed by atoms with Crippen LogP contribution in [0.2, 0.25) is 6.32 Å². The third-order valence-electron chi connectivity index (χ3n) is 5.16. The van der Waals surface area contributed by atoms with E-state index in [1.807, 2.05) is 53.9 Å². The van der Waals surface area contributed by atoms with Gasteiger partial charge >= 0.3 is 7.48 Å². The molecule has 0 bridgehead atoms. The first-order chi connectivity index (χ1) is 13.6. The maximum atomic E-state index is 12.4. The summed E-state index contributed by atoms with van der Waals surface area (Å²) in [5.74, 6) is 2.10. The van der Waals surface area contributed by atoms with Crippen molar-refractivity contribution >= 4 is 37.4 Å². The number of hydrogen-bond acceptors (Lipinski definition) is 5. The molecule has 0 spiro atoms. The molecule has 1 heterocycles. The molecule has 2 N–H and O–H groups in total.